The van der Waals surface area contributed by atoms with Crippen molar-refractivity contribution >= 4 is 26.9 Å². The quantitative estimate of drug-likeness (QED) is 0.420. The van der Waals surface area contributed by atoms with Crippen molar-refractivity contribution in [1.29, 1.82) is 0 Å². The summed E-state index contributed by atoms with van der Waals surface area (Å²) in [5, 5.41) is 0. The summed E-state index contributed by atoms with van der Waals surface area (Å²) in [6, 6.07) is 0. The van der Waals surface area contributed by atoms with Gasteiger partial charge in [0.05, 0.1) is 0 Å². The van der Waals surface area contributed by atoms with Crippen LogP contribution in [0.25, 0.3) is 0 Å². The Morgan fingerprint density at radius 1 is 1.67 bits per heavy atom. The van der Waals surface area contributed by atoms with Gasteiger partial charge in [0.25, 0.3) is 0 Å². The fourth-order valence-corrected chi connectivity index (χ4v) is 1.05. The van der Waals surface area contributed by atoms with E-state index in [1.807, 2.05) is 6.92 Å². The zero-order valence-corrected chi connectivity index (χ0v) is 8.18. The molecule has 0 aromatic rings. The van der Waals surface area contributed by atoms with Gasteiger partial charge in [-0.25, -0.2) is 0 Å². The molecule has 0 aromatic carbocycles. The van der Waals surface area contributed by atoms with Gasteiger partial charge >= 0.3 is 65.8 Å². The van der Waals surface area contributed by atoms with Crippen LogP contribution in [0.5, 0.6) is 0 Å². The molecule has 0 aliphatic rings. The first-order valence-corrected chi connectivity index (χ1v) is 6.93. The van der Waals surface area contributed by atoms with Crippen LogP contribution in [0.4, 0.5) is 0 Å². The summed E-state index contributed by atoms with van der Waals surface area (Å²) < 4.78 is 5.93. The van der Waals surface area contributed by atoms with Crippen LogP contribution in [0.15, 0.2) is 0 Å². The molecule has 0 radical (unpaired) electrons. The zero-order valence-electron chi connectivity index (χ0n) is 5.85. The van der Waals surface area contributed by atoms with Gasteiger partial charge in [-0.2, -0.15) is 0 Å². The third-order valence-electron chi connectivity index (χ3n) is 0.839. The van der Waals surface area contributed by atoms with E-state index in [2.05, 4.69) is 4.97 Å². The molecule has 0 spiro atoms. The number of hydrogen-bond donors (Lipinski definition) is 0. The maximum atomic E-state index is 10.5. The molecule has 0 unspecified atom stereocenters. The van der Waals surface area contributed by atoms with Gasteiger partial charge in [0.1, 0.15) is 0 Å². The Morgan fingerprint density at radius 3 is 2.78 bits per heavy atom. The Bertz CT molecular complexity index is 83.1. The molecule has 0 amide bonds. The number of carbonyl (C=O) groups excluding carboxylic acids is 1. The number of esters is 1. The van der Waals surface area contributed by atoms with Gasteiger partial charge < -0.3 is 0 Å². The van der Waals surface area contributed by atoms with Gasteiger partial charge in [-0.15, -0.1) is 0 Å². The van der Waals surface area contributed by atoms with Gasteiger partial charge in [-0.1, -0.05) is 0 Å². The molecule has 0 N–H and O–H groups in total. The molecule has 0 bridgehead atoms. The van der Waals surface area contributed by atoms with Gasteiger partial charge in [0.2, 0.25) is 0 Å². The van der Waals surface area contributed by atoms with Crippen LogP contribution in [0.1, 0.15) is 13.3 Å². The topological polar surface area (TPSA) is 26.3 Å². The van der Waals surface area contributed by atoms with Crippen molar-refractivity contribution in [1.82, 2.24) is 0 Å². The first-order chi connectivity index (χ1) is 4.31. The molecular formula is C6H12O2Te. The Hall–Kier alpha value is 0.260. The molecule has 0 aliphatic heterocycles. The molecule has 0 rings (SSSR count). The second-order valence-electron chi connectivity index (χ2n) is 1.57. The van der Waals surface area contributed by atoms with E-state index >= 15 is 0 Å². The van der Waals surface area contributed by atoms with Crippen molar-refractivity contribution in [3.05, 3.63) is 0 Å². The minimum atomic E-state index is -0.0732. The molecule has 0 fully saturated rings. The summed E-state index contributed by atoms with van der Waals surface area (Å²) >= 11 is 0.150. The predicted molar refractivity (Wildman–Crippen MR) is 37.7 cm³/mol. The molecule has 54 valence electrons. The molecule has 0 saturated carbocycles. The second-order valence-corrected chi connectivity index (χ2v) is 4.38. The Morgan fingerprint density at radius 2 is 2.33 bits per heavy atom. The molecule has 0 aliphatic carbocycles. The summed E-state index contributed by atoms with van der Waals surface area (Å²) in [6.45, 7) is 2.45. The van der Waals surface area contributed by atoms with Gasteiger partial charge in [0, 0.05) is 0 Å². The van der Waals surface area contributed by atoms with Crippen LogP contribution >= 0.6 is 0 Å². The Balaban J connectivity index is 2.97. The van der Waals surface area contributed by atoms with Crippen molar-refractivity contribution in [2.24, 2.45) is 0 Å². The van der Waals surface area contributed by atoms with Crippen LogP contribution in [-0.4, -0.2) is 33.5 Å². The van der Waals surface area contributed by atoms with Crippen molar-refractivity contribution in [2.75, 3.05) is 6.61 Å². The average molecular weight is 244 g/mol. The summed E-state index contributed by atoms with van der Waals surface area (Å²) in [5.41, 5.74) is 0. The molecule has 9 heavy (non-hydrogen) atoms. The van der Waals surface area contributed by atoms with Crippen LogP contribution < -0.4 is 0 Å². The Kier molecular flexibility index (Phi) is 6.56. The van der Waals surface area contributed by atoms with Gasteiger partial charge in [-0.05, 0) is 0 Å². The van der Waals surface area contributed by atoms with Crippen LogP contribution in [-0.2, 0) is 9.53 Å². The van der Waals surface area contributed by atoms with E-state index < -0.39 is 0 Å². The molecule has 0 atom stereocenters. The van der Waals surface area contributed by atoms with E-state index in [-0.39, 0.29) is 26.9 Å². The van der Waals surface area contributed by atoms with Crippen LogP contribution in [0.2, 0.25) is 9.44 Å². The summed E-state index contributed by atoms with van der Waals surface area (Å²) in [6.07, 6.45) is 0.504. The molecule has 0 aromatic heterocycles. The van der Waals surface area contributed by atoms with Crippen LogP contribution in [0.3, 0.4) is 0 Å². The first-order valence-electron chi connectivity index (χ1n) is 2.95. The maximum absolute atomic E-state index is 10.5. The van der Waals surface area contributed by atoms with Gasteiger partial charge in [0.15, 0.2) is 0 Å². The third-order valence-corrected chi connectivity index (χ3v) is 2.48. The van der Waals surface area contributed by atoms with E-state index in [9.17, 15) is 4.79 Å². The number of ether oxygens (including phenoxy) is 1. The second kappa shape index (κ2) is 6.38. The van der Waals surface area contributed by atoms with E-state index in [1.54, 1.807) is 0 Å². The van der Waals surface area contributed by atoms with Gasteiger partial charge in [-0.3, -0.25) is 0 Å². The average Bonchev–Trinajstić information content (AvgIpc) is 1.89. The molecule has 0 saturated heterocycles. The standard InChI is InChI=1S/C6H12O2Te/c1-3-6(7)8-4-5-9-2/h3-5H2,1-2H3. The normalized spacial score (nSPS) is 9.11. The monoisotopic (exact) mass is 246 g/mol. The number of hydrogen-bond acceptors (Lipinski definition) is 2. The van der Waals surface area contributed by atoms with Crippen molar-refractivity contribution in [3.8, 4) is 0 Å². The van der Waals surface area contributed by atoms with Crippen molar-refractivity contribution in [2.45, 2.75) is 22.8 Å². The zero-order chi connectivity index (χ0) is 7.11. The van der Waals surface area contributed by atoms with E-state index in [0.29, 0.717) is 13.0 Å². The summed E-state index contributed by atoms with van der Waals surface area (Å²) in [7, 11) is 0. The number of carbonyl (C=O) groups is 1. The summed E-state index contributed by atoms with van der Waals surface area (Å²) in [5.74, 6) is -0.0732. The molecule has 2 nitrogen and oxygen atoms in total. The van der Waals surface area contributed by atoms with Crippen LogP contribution in [0, 0.1) is 0 Å². The minimum absolute atomic E-state index is 0.0732. The number of rotatable bonds is 4. The predicted octanol–water partition coefficient (Wildman–Crippen LogP) is 1.11. The third kappa shape index (κ3) is 6.14. The Labute approximate surface area is 66.0 Å². The fourth-order valence-electron chi connectivity index (χ4n) is 0.341. The molecule has 3 heteroatoms. The molecular weight excluding hydrogens is 232 g/mol. The van der Waals surface area contributed by atoms with E-state index in [4.69, 9.17) is 4.74 Å². The van der Waals surface area contributed by atoms with E-state index in [0.717, 1.165) is 4.47 Å². The fraction of sp³-hybridized carbons (Fsp3) is 0.833. The van der Waals surface area contributed by atoms with Crippen molar-refractivity contribution in [3.63, 3.8) is 0 Å². The molecule has 0 heterocycles. The SMILES string of the molecule is CCC(=O)OCC[Te]C. The summed E-state index contributed by atoms with van der Waals surface area (Å²) in [4.78, 5) is 12.7. The van der Waals surface area contributed by atoms with E-state index in [1.165, 1.54) is 0 Å². The first kappa shape index (κ1) is 9.26. The van der Waals surface area contributed by atoms with Crippen molar-refractivity contribution < 1.29 is 9.53 Å².